The van der Waals surface area contributed by atoms with Crippen LogP contribution >= 0.6 is 22.9 Å². The molecule has 0 aliphatic carbocycles. The number of nitrogens with one attached hydrogen (secondary N) is 3. The molecule has 1 heterocycles. The minimum Gasteiger partial charge on any atom is -0.321 e. The molecule has 5 nitrogen and oxygen atoms in total. The Labute approximate surface area is 106 Å². The predicted molar refractivity (Wildman–Crippen MR) is 70.6 cm³/mol. The minimum absolute atomic E-state index is 0.211. The molecule has 0 atom stereocenters. The number of benzene rings is 1. The highest BCUT2D eigenvalue weighted by Crippen LogP contribution is 2.09. The number of imidazole rings is 1. The smallest absolute Gasteiger partial charge is 0.273 e. The molecule has 0 unspecified atom stereocenters. The zero-order valence-corrected chi connectivity index (χ0v) is 10.4. The number of amides is 1. The average molecular weight is 328 g/mol. The first-order chi connectivity index (χ1) is 7.79. The molecule has 82 valence electrons. The number of halogens is 1. The van der Waals surface area contributed by atoms with E-state index in [1.165, 1.54) is 6.20 Å². The Hall–Kier alpha value is -1.57. The Bertz CT molecular complexity index is 483. The summed E-state index contributed by atoms with van der Waals surface area (Å²) in [6.07, 6.45) is 1.49. The molecule has 2 rings (SSSR count). The molecule has 1 aromatic heterocycles. The molecule has 1 amide bonds. The molecule has 0 saturated heterocycles. The van der Waals surface area contributed by atoms with Crippen LogP contribution in [0.3, 0.4) is 0 Å². The van der Waals surface area contributed by atoms with Gasteiger partial charge in [-0.3, -0.25) is 8.32 Å². The number of carbonyl (C=O) groups excluding carboxylic acids is 1. The average Bonchev–Trinajstić information content (AvgIpc) is 2.79. The first-order valence-electron chi connectivity index (χ1n) is 4.57. The van der Waals surface area contributed by atoms with E-state index in [0.29, 0.717) is 11.6 Å². The van der Waals surface area contributed by atoms with Gasteiger partial charge in [-0.2, -0.15) is 0 Å². The van der Waals surface area contributed by atoms with Gasteiger partial charge in [-0.15, -0.1) is 0 Å². The van der Waals surface area contributed by atoms with Crippen molar-refractivity contribution < 1.29 is 4.79 Å². The molecular weight excluding hydrogens is 319 g/mol. The summed E-state index contributed by atoms with van der Waals surface area (Å²) in [6, 6.07) is 9.27. The lowest BCUT2D eigenvalue weighted by molar-refractivity contribution is 0.102. The second-order valence-electron chi connectivity index (χ2n) is 3.06. The zero-order chi connectivity index (χ0) is 11.4. The molecule has 6 heteroatoms. The normalized spacial score (nSPS) is 9.81. The van der Waals surface area contributed by atoms with Crippen LogP contribution in [-0.2, 0) is 0 Å². The maximum atomic E-state index is 11.7. The van der Waals surface area contributed by atoms with Gasteiger partial charge in [0.15, 0.2) is 0 Å². The Morgan fingerprint density at radius 2 is 2.06 bits per heavy atom. The lowest BCUT2D eigenvalue weighted by Crippen LogP contribution is -2.12. The molecule has 1 aromatic carbocycles. The van der Waals surface area contributed by atoms with Crippen LogP contribution in [0, 0.1) is 0 Å². The van der Waals surface area contributed by atoms with E-state index in [4.69, 9.17) is 0 Å². The topological polar surface area (TPSA) is 69.8 Å². The number of hydrogen-bond acceptors (Lipinski definition) is 3. The van der Waals surface area contributed by atoms with Gasteiger partial charge in [-0.25, -0.2) is 4.98 Å². The standard InChI is InChI=1S/C10H9IN4O/c11-15-10-12-6-8(14-10)9(16)13-7-4-2-1-3-5-7/h1-6H,(H,13,16)(H2,12,14,15). The van der Waals surface area contributed by atoms with Gasteiger partial charge in [0, 0.05) is 5.69 Å². The van der Waals surface area contributed by atoms with E-state index in [0.717, 1.165) is 5.69 Å². The number of aromatic amines is 1. The molecule has 0 aliphatic rings. The summed E-state index contributed by atoms with van der Waals surface area (Å²) in [5.74, 6) is 0.343. The number of nitrogens with zero attached hydrogens (tertiary/aromatic N) is 1. The highest BCUT2D eigenvalue weighted by Gasteiger charge is 2.08. The van der Waals surface area contributed by atoms with Gasteiger partial charge in [0.05, 0.1) is 29.1 Å². The summed E-state index contributed by atoms with van der Waals surface area (Å²) in [6.45, 7) is 0. The van der Waals surface area contributed by atoms with Gasteiger partial charge in [-0.05, 0) is 12.1 Å². The van der Waals surface area contributed by atoms with Gasteiger partial charge in [-0.1, -0.05) is 18.2 Å². The highest BCUT2D eigenvalue weighted by atomic mass is 127. The third kappa shape index (κ3) is 2.51. The molecule has 0 bridgehead atoms. The highest BCUT2D eigenvalue weighted by molar-refractivity contribution is 14.1. The van der Waals surface area contributed by atoms with Crippen molar-refractivity contribution in [2.75, 3.05) is 8.85 Å². The summed E-state index contributed by atoms with van der Waals surface area (Å²) >= 11 is 1.94. The number of rotatable bonds is 3. The Balaban J connectivity index is 2.09. The number of aromatic nitrogens is 2. The largest absolute Gasteiger partial charge is 0.321 e. The van der Waals surface area contributed by atoms with Crippen LogP contribution in [-0.4, -0.2) is 15.9 Å². The number of carbonyl (C=O) groups is 1. The molecule has 3 N–H and O–H groups in total. The van der Waals surface area contributed by atoms with Crippen LogP contribution in [0.5, 0.6) is 0 Å². The second-order valence-corrected chi connectivity index (χ2v) is 3.60. The lowest BCUT2D eigenvalue weighted by atomic mass is 10.3. The Morgan fingerprint density at radius 3 is 2.69 bits per heavy atom. The monoisotopic (exact) mass is 328 g/mol. The summed E-state index contributed by atoms with van der Waals surface area (Å²) in [4.78, 5) is 18.5. The maximum Gasteiger partial charge on any atom is 0.273 e. The zero-order valence-electron chi connectivity index (χ0n) is 8.20. The molecule has 0 radical (unpaired) electrons. The summed E-state index contributed by atoms with van der Waals surface area (Å²) in [7, 11) is 0. The van der Waals surface area contributed by atoms with Gasteiger partial charge in [0.2, 0.25) is 5.95 Å². The lowest BCUT2D eigenvalue weighted by Gasteiger charge is -2.02. The SMILES string of the molecule is O=C(Nc1ccccc1)c1cnc(NI)[nH]1. The minimum atomic E-state index is -0.211. The van der Waals surface area contributed by atoms with Crippen LogP contribution in [0.2, 0.25) is 0 Å². The van der Waals surface area contributed by atoms with Gasteiger partial charge in [0.25, 0.3) is 5.91 Å². The Morgan fingerprint density at radius 1 is 1.31 bits per heavy atom. The molecule has 0 spiro atoms. The summed E-state index contributed by atoms with van der Waals surface area (Å²) in [5, 5.41) is 2.76. The van der Waals surface area contributed by atoms with E-state index in [1.807, 2.05) is 53.2 Å². The van der Waals surface area contributed by atoms with Gasteiger partial charge >= 0.3 is 0 Å². The van der Waals surface area contributed by atoms with E-state index in [2.05, 4.69) is 18.8 Å². The number of para-hydroxylation sites is 1. The fourth-order valence-electron chi connectivity index (χ4n) is 1.20. The molecule has 0 saturated carbocycles. The third-order valence-corrected chi connectivity index (χ3v) is 2.45. The first kappa shape index (κ1) is 10.9. The van der Waals surface area contributed by atoms with Crippen molar-refractivity contribution in [3.05, 3.63) is 42.2 Å². The number of anilines is 2. The van der Waals surface area contributed by atoms with Gasteiger partial charge < -0.3 is 10.3 Å². The van der Waals surface area contributed by atoms with Crippen molar-refractivity contribution in [3.8, 4) is 0 Å². The molecular formula is C10H9IN4O. The summed E-state index contributed by atoms with van der Waals surface area (Å²) < 4.78 is 2.79. The van der Waals surface area contributed by atoms with E-state index < -0.39 is 0 Å². The fourth-order valence-corrected chi connectivity index (χ4v) is 1.48. The van der Waals surface area contributed by atoms with Crippen molar-refractivity contribution in [1.29, 1.82) is 0 Å². The van der Waals surface area contributed by atoms with Crippen molar-refractivity contribution in [3.63, 3.8) is 0 Å². The predicted octanol–water partition coefficient (Wildman–Crippen LogP) is 2.42. The van der Waals surface area contributed by atoms with Crippen molar-refractivity contribution >= 4 is 40.4 Å². The van der Waals surface area contributed by atoms with Crippen LogP contribution in [0.1, 0.15) is 10.5 Å². The molecule has 2 aromatic rings. The van der Waals surface area contributed by atoms with Gasteiger partial charge in [0.1, 0.15) is 5.69 Å². The maximum absolute atomic E-state index is 11.7. The van der Waals surface area contributed by atoms with E-state index in [-0.39, 0.29) is 5.91 Å². The molecule has 16 heavy (non-hydrogen) atoms. The third-order valence-electron chi connectivity index (χ3n) is 1.94. The van der Waals surface area contributed by atoms with Crippen LogP contribution < -0.4 is 8.85 Å². The quantitative estimate of drug-likeness (QED) is 0.599. The molecule has 0 aliphatic heterocycles. The second kappa shape index (κ2) is 4.97. The Kier molecular flexibility index (Phi) is 3.40. The van der Waals surface area contributed by atoms with Crippen molar-refractivity contribution in [2.45, 2.75) is 0 Å². The van der Waals surface area contributed by atoms with Crippen molar-refractivity contribution in [1.82, 2.24) is 9.97 Å². The molecule has 0 fully saturated rings. The van der Waals surface area contributed by atoms with Crippen LogP contribution in [0.15, 0.2) is 36.5 Å². The van der Waals surface area contributed by atoms with E-state index >= 15 is 0 Å². The number of hydrogen-bond donors (Lipinski definition) is 3. The van der Waals surface area contributed by atoms with Crippen LogP contribution in [0.25, 0.3) is 0 Å². The van der Waals surface area contributed by atoms with Crippen molar-refractivity contribution in [2.24, 2.45) is 0 Å². The van der Waals surface area contributed by atoms with Crippen LogP contribution in [0.4, 0.5) is 11.6 Å². The van der Waals surface area contributed by atoms with E-state index in [1.54, 1.807) is 0 Å². The number of H-pyrrole nitrogens is 1. The summed E-state index contributed by atoms with van der Waals surface area (Å²) in [5.41, 5.74) is 1.18. The first-order valence-corrected chi connectivity index (χ1v) is 5.65. The fraction of sp³-hybridized carbons (Fsp3) is 0. The van der Waals surface area contributed by atoms with E-state index in [9.17, 15) is 4.79 Å².